The van der Waals surface area contributed by atoms with E-state index < -0.39 is 24.3 Å². The van der Waals surface area contributed by atoms with Gasteiger partial charge in [0.2, 0.25) is 0 Å². The number of imide groups is 1. The van der Waals surface area contributed by atoms with E-state index in [1.54, 1.807) is 7.11 Å². The second kappa shape index (κ2) is 13.7. The first-order valence-corrected chi connectivity index (χ1v) is 12.7. The van der Waals surface area contributed by atoms with Gasteiger partial charge < -0.3 is 29.7 Å². The number of ether oxygens (including phenoxy) is 2. The fourth-order valence-corrected chi connectivity index (χ4v) is 4.33. The van der Waals surface area contributed by atoms with Gasteiger partial charge in [0, 0.05) is 32.7 Å². The first kappa shape index (κ1) is 27.3. The number of methoxy groups -OCH3 is 1. The predicted octanol–water partition coefficient (Wildman–Crippen LogP) is 3.39. The Morgan fingerprint density at radius 1 is 1.00 bits per heavy atom. The number of hydrogen-bond donors (Lipinski definition) is 3. The number of nitrogens with zero attached hydrogens (tertiary/aromatic N) is 2. The van der Waals surface area contributed by atoms with Gasteiger partial charge in [0.15, 0.2) is 5.76 Å². The van der Waals surface area contributed by atoms with Crippen molar-refractivity contribution in [2.24, 2.45) is 0 Å². The molecule has 0 radical (unpaired) electrons. The summed E-state index contributed by atoms with van der Waals surface area (Å²) in [6.07, 6.45) is -0.238. The number of urea groups is 2. The lowest BCUT2D eigenvalue weighted by Crippen LogP contribution is -2.54. The maximum Gasteiger partial charge on any atom is 0.325 e. The molecule has 4 amide bonds. The molecule has 1 aliphatic rings. The van der Waals surface area contributed by atoms with Gasteiger partial charge in [-0.25, -0.2) is 14.5 Å². The molecule has 10 nitrogen and oxygen atoms in total. The number of aromatic nitrogens is 1. The van der Waals surface area contributed by atoms with Gasteiger partial charge in [0.25, 0.3) is 0 Å². The Morgan fingerprint density at radius 2 is 1.61 bits per heavy atom. The molecule has 0 aliphatic carbocycles. The Kier molecular flexibility index (Phi) is 9.85. The summed E-state index contributed by atoms with van der Waals surface area (Å²) in [5, 5.41) is 20.4. The molecule has 2 aromatic carbocycles. The van der Waals surface area contributed by atoms with Crippen molar-refractivity contribution in [3.8, 4) is 0 Å². The third-order valence-electron chi connectivity index (χ3n) is 6.34. The summed E-state index contributed by atoms with van der Waals surface area (Å²) >= 11 is 0. The van der Waals surface area contributed by atoms with Crippen molar-refractivity contribution in [3.63, 3.8) is 0 Å². The molecule has 4 rings (SSSR count). The summed E-state index contributed by atoms with van der Waals surface area (Å²) < 4.78 is 16.5. The average Bonchev–Trinajstić information content (AvgIpc) is 3.38. The number of nitrogens with one attached hydrogen (secondary N) is 2. The summed E-state index contributed by atoms with van der Waals surface area (Å²) in [5.41, 5.74) is 2.52. The van der Waals surface area contributed by atoms with E-state index in [-0.39, 0.29) is 25.7 Å². The van der Waals surface area contributed by atoms with E-state index in [0.717, 1.165) is 21.7 Å². The Labute approximate surface area is 221 Å². The standard InChI is InChI=1S/C28H34N4O6/c1-36-19-24-15-22(31-38-24)14-23-12-13-25(33)26(37-23)18-32(27(34)29-16-20-8-4-2-5-9-20)28(35)30-17-21-10-6-3-7-11-21/h2-11,15,23,25-26,33H,12-14,16-19H2,1H3,(H,29,34)(H,30,35)/t23-,25-,26+/m0/s1. The largest absolute Gasteiger partial charge is 0.390 e. The minimum atomic E-state index is -0.820. The number of hydrogen-bond acceptors (Lipinski definition) is 7. The maximum atomic E-state index is 13.2. The SMILES string of the molecule is COCc1cc(C[C@@H]2CC[C@H](O)[C@@H](CN(C(=O)NCc3ccccc3)C(=O)NCc3ccccc3)O2)no1. The smallest absolute Gasteiger partial charge is 0.325 e. The second-order valence-corrected chi connectivity index (χ2v) is 9.26. The van der Waals surface area contributed by atoms with Crippen molar-refractivity contribution in [3.05, 3.63) is 89.3 Å². The predicted molar refractivity (Wildman–Crippen MR) is 139 cm³/mol. The number of carbonyl (C=O) groups is 2. The molecule has 0 saturated carbocycles. The molecule has 1 saturated heterocycles. The molecule has 0 bridgehead atoms. The van der Waals surface area contributed by atoms with Crippen LogP contribution >= 0.6 is 0 Å². The number of amides is 4. The second-order valence-electron chi connectivity index (χ2n) is 9.26. The molecule has 3 aromatic rings. The van der Waals surface area contributed by atoms with E-state index in [0.29, 0.717) is 31.6 Å². The van der Waals surface area contributed by atoms with Gasteiger partial charge in [-0.1, -0.05) is 65.8 Å². The van der Waals surface area contributed by atoms with Gasteiger partial charge in [-0.3, -0.25) is 0 Å². The normalized spacial score (nSPS) is 19.1. The lowest BCUT2D eigenvalue weighted by Gasteiger charge is -2.36. The highest BCUT2D eigenvalue weighted by Gasteiger charge is 2.35. The van der Waals surface area contributed by atoms with Crippen LogP contribution in [0.15, 0.2) is 71.3 Å². The van der Waals surface area contributed by atoms with Gasteiger partial charge in [-0.2, -0.15) is 0 Å². The average molecular weight is 523 g/mol. The lowest BCUT2D eigenvalue weighted by atomic mass is 9.98. The van der Waals surface area contributed by atoms with Crippen molar-refractivity contribution in [1.82, 2.24) is 20.7 Å². The molecule has 38 heavy (non-hydrogen) atoms. The first-order valence-electron chi connectivity index (χ1n) is 12.7. The molecule has 1 aliphatic heterocycles. The van der Waals surface area contributed by atoms with Crippen LogP contribution in [-0.2, 0) is 35.6 Å². The van der Waals surface area contributed by atoms with E-state index in [9.17, 15) is 14.7 Å². The highest BCUT2D eigenvalue weighted by atomic mass is 16.5. The van der Waals surface area contributed by atoms with E-state index >= 15 is 0 Å². The third-order valence-corrected chi connectivity index (χ3v) is 6.34. The van der Waals surface area contributed by atoms with Crippen molar-refractivity contribution in [1.29, 1.82) is 0 Å². The van der Waals surface area contributed by atoms with Gasteiger partial charge >= 0.3 is 12.1 Å². The quantitative estimate of drug-likeness (QED) is 0.373. The highest BCUT2D eigenvalue weighted by molar-refractivity contribution is 5.93. The number of benzene rings is 2. The monoisotopic (exact) mass is 522 g/mol. The Balaban J connectivity index is 1.41. The molecule has 202 valence electrons. The topological polar surface area (TPSA) is 126 Å². The van der Waals surface area contributed by atoms with Gasteiger partial charge in [-0.15, -0.1) is 0 Å². The zero-order valence-electron chi connectivity index (χ0n) is 21.4. The number of rotatable bonds is 10. The Bertz CT molecular complexity index is 1100. The lowest BCUT2D eigenvalue weighted by molar-refractivity contribution is -0.120. The van der Waals surface area contributed by atoms with Crippen LogP contribution in [0.2, 0.25) is 0 Å². The molecule has 0 unspecified atom stereocenters. The summed E-state index contributed by atoms with van der Waals surface area (Å²) in [7, 11) is 1.58. The van der Waals surface area contributed by atoms with Crippen LogP contribution in [0.1, 0.15) is 35.4 Å². The van der Waals surface area contributed by atoms with Crippen molar-refractivity contribution >= 4 is 12.1 Å². The minimum Gasteiger partial charge on any atom is -0.390 e. The molecule has 1 aromatic heterocycles. The summed E-state index contributed by atoms with van der Waals surface area (Å²) in [6.45, 7) is 0.737. The van der Waals surface area contributed by atoms with Crippen LogP contribution in [0.5, 0.6) is 0 Å². The first-order chi connectivity index (χ1) is 18.5. The Hall–Kier alpha value is -3.73. The van der Waals surface area contributed by atoms with Crippen LogP contribution in [-0.4, -0.2) is 59.2 Å². The van der Waals surface area contributed by atoms with Crippen molar-refractivity contribution in [2.75, 3.05) is 13.7 Å². The van der Waals surface area contributed by atoms with Gasteiger partial charge in [0.1, 0.15) is 12.7 Å². The van der Waals surface area contributed by atoms with Crippen LogP contribution < -0.4 is 10.6 Å². The zero-order valence-corrected chi connectivity index (χ0v) is 21.4. The fourth-order valence-electron chi connectivity index (χ4n) is 4.33. The molecule has 3 atom stereocenters. The van der Waals surface area contributed by atoms with Crippen LogP contribution in [0.3, 0.4) is 0 Å². The molecule has 0 spiro atoms. The summed E-state index contributed by atoms with van der Waals surface area (Å²) in [6, 6.07) is 19.5. The van der Waals surface area contributed by atoms with Crippen LogP contribution in [0.4, 0.5) is 9.59 Å². The highest BCUT2D eigenvalue weighted by Crippen LogP contribution is 2.24. The van der Waals surface area contributed by atoms with E-state index in [4.69, 9.17) is 14.0 Å². The molecular weight excluding hydrogens is 488 g/mol. The van der Waals surface area contributed by atoms with E-state index in [1.807, 2.05) is 66.7 Å². The zero-order chi connectivity index (χ0) is 26.7. The summed E-state index contributed by atoms with van der Waals surface area (Å²) in [4.78, 5) is 27.4. The van der Waals surface area contributed by atoms with Crippen molar-refractivity contribution in [2.45, 2.75) is 57.3 Å². The molecule has 3 N–H and O–H groups in total. The number of aliphatic hydroxyl groups excluding tert-OH is 1. The molecule has 2 heterocycles. The van der Waals surface area contributed by atoms with Crippen LogP contribution in [0.25, 0.3) is 0 Å². The molecule has 10 heteroatoms. The minimum absolute atomic E-state index is 0.105. The van der Waals surface area contributed by atoms with E-state index in [2.05, 4.69) is 15.8 Å². The van der Waals surface area contributed by atoms with Crippen LogP contribution in [0, 0.1) is 0 Å². The maximum absolute atomic E-state index is 13.2. The van der Waals surface area contributed by atoms with Gasteiger partial charge in [-0.05, 0) is 24.0 Å². The summed E-state index contributed by atoms with van der Waals surface area (Å²) in [5.74, 6) is 0.617. The molecule has 1 fully saturated rings. The Morgan fingerprint density at radius 3 is 2.18 bits per heavy atom. The molecular formula is C28H34N4O6. The third kappa shape index (κ3) is 7.88. The fraction of sp³-hybridized carbons (Fsp3) is 0.393. The van der Waals surface area contributed by atoms with Crippen molar-refractivity contribution < 1.29 is 28.7 Å². The van der Waals surface area contributed by atoms with Gasteiger partial charge in [0.05, 0.1) is 24.4 Å². The van der Waals surface area contributed by atoms with E-state index in [1.165, 1.54) is 0 Å². The number of aliphatic hydroxyl groups is 1. The number of carbonyl (C=O) groups excluding carboxylic acids is 2.